The summed E-state index contributed by atoms with van der Waals surface area (Å²) in [5.41, 5.74) is -3.79. The Bertz CT molecular complexity index is 132. The van der Waals surface area contributed by atoms with Crippen LogP contribution in [0.4, 0.5) is 22.1 Å². The molecule has 0 N–H and O–H groups in total. The van der Waals surface area contributed by atoms with Crippen molar-refractivity contribution < 1.29 is 30.7 Å². The van der Waals surface area contributed by atoms with Gasteiger partial charge in [0.2, 0.25) is 11.1 Å². The van der Waals surface area contributed by atoms with E-state index in [1.165, 1.54) is 0 Å². The van der Waals surface area contributed by atoms with E-state index < -0.39 is 22.8 Å². The zero-order valence-electron chi connectivity index (χ0n) is 4.19. The third kappa shape index (κ3) is 2.56. The molecular formula is C2HF5O2S. The lowest BCUT2D eigenvalue weighted by molar-refractivity contribution is -0.159. The predicted molar refractivity (Wildman–Crippen MR) is 21.3 cm³/mol. The summed E-state index contributed by atoms with van der Waals surface area (Å²) in [6.07, 6.45) is -5.35. The van der Waals surface area contributed by atoms with Crippen LogP contribution in [0.2, 0.25) is 0 Å². The Morgan fingerprint density at radius 3 is 1.90 bits per heavy atom. The first kappa shape index (κ1) is 9.76. The van der Waals surface area contributed by atoms with Crippen molar-refractivity contribution in [1.82, 2.24) is 0 Å². The zero-order valence-corrected chi connectivity index (χ0v) is 5.01. The molecule has 2 atom stereocenters. The smallest absolute Gasteiger partial charge is 0.223 e. The summed E-state index contributed by atoms with van der Waals surface area (Å²) in [7, 11) is 0. The highest BCUT2D eigenvalue weighted by Gasteiger charge is 2.46. The van der Waals surface area contributed by atoms with Gasteiger partial charge in [0.25, 0.3) is 5.50 Å². The van der Waals surface area contributed by atoms with E-state index in [9.17, 15) is 26.3 Å². The first-order valence-electron chi connectivity index (χ1n) is 1.80. The largest absolute Gasteiger partial charge is 0.434 e. The Hall–Kier alpha value is -0.240. The van der Waals surface area contributed by atoms with Gasteiger partial charge in [-0.15, -0.1) is 0 Å². The van der Waals surface area contributed by atoms with Crippen LogP contribution >= 0.6 is 0 Å². The average molecular weight is 184 g/mol. The van der Waals surface area contributed by atoms with Crippen LogP contribution in [0.5, 0.6) is 0 Å². The van der Waals surface area contributed by atoms with Crippen molar-refractivity contribution in [2.45, 2.75) is 11.7 Å². The quantitative estimate of drug-likeness (QED) is 0.606. The number of hydrogen-bond donors (Lipinski definition) is 0. The molecule has 10 heavy (non-hydrogen) atoms. The fourth-order valence-corrected chi connectivity index (χ4v) is 0.423. The molecule has 0 aliphatic rings. The van der Waals surface area contributed by atoms with Crippen LogP contribution in [0.25, 0.3) is 0 Å². The summed E-state index contributed by atoms with van der Waals surface area (Å²) in [5.74, 6) is 0. The average Bonchev–Trinajstić information content (AvgIpc) is 1.83. The van der Waals surface area contributed by atoms with E-state index in [1.807, 2.05) is 0 Å². The molecule has 0 spiro atoms. The number of alkyl halides is 4. The minimum absolute atomic E-state index is 2.12. The number of halogens is 5. The van der Waals surface area contributed by atoms with Crippen LogP contribution in [0, 0.1) is 0 Å². The van der Waals surface area contributed by atoms with Gasteiger partial charge in [-0.2, -0.15) is 13.2 Å². The molecule has 0 radical (unpaired) electrons. The molecule has 2 nitrogen and oxygen atoms in total. The maximum atomic E-state index is 11.5. The van der Waals surface area contributed by atoms with Crippen LogP contribution in [0.15, 0.2) is 0 Å². The van der Waals surface area contributed by atoms with Gasteiger partial charge in [0, 0.05) is 0 Å². The van der Waals surface area contributed by atoms with Crippen LogP contribution in [0.1, 0.15) is 0 Å². The predicted octanol–water partition coefficient (Wildman–Crippen LogP) is 1.41. The third-order valence-corrected chi connectivity index (χ3v) is 1.22. The zero-order chi connectivity index (χ0) is 8.36. The Balaban J connectivity index is 4.08. The van der Waals surface area contributed by atoms with Crippen LogP contribution in [-0.4, -0.2) is 15.9 Å². The highest BCUT2D eigenvalue weighted by atomic mass is 32.2. The van der Waals surface area contributed by atoms with Crippen molar-refractivity contribution in [2.24, 2.45) is 0 Å². The third-order valence-electron chi connectivity index (χ3n) is 0.488. The van der Waals surface area contributed by atoms with E-state index in [0.29, 0.717) is 0 Å². The van der Waals surface area contributed by atoms with Crippen molar-refractivity contribution in [2.75, 3.05) is 0 Å². The molecule has 8 heteroatoms. The van der Waals surface area contributed by atoms with E-state index in [0.717, 1.165) is 0 Å². The lowest BCUT2D eigenvalue weighted by Crippen LogP contribution is -2.28. The van der Waals surface area contributed by atoms with Gasteiger partial charge >= 0.3 is 6.18 Å². The van der Waals surface area contributed by atoms with Crippen molar-refractivity contribution in [3.63, 3.8) is 0 Å². The summed E-state index contributed by atoms with van der Waals surface area (Å²) < 4.78 is 67.0. The van der Waals surface area contributed by atoms with Crippen molar-refractivity contribution in [1.29, 1.82) is 0 Å². The van der Waals surface area contributed by atoms with Gasteiger partial charge in [0.05, 0.1) is 0 Å². The molecular weight excluding hydrogens is 183 g/mol. The summed E-state index contributed by atoms with van der Waals surface area (Å²) >= 11 is -3.60. The first-order chi connectivity index (χ1) is 4.39. The molecule has 62 valence electrons. The van der Waals surface area contributed by atoms with E-state index in [-0.39, 0.29) is 0 Å². The molecule has 0 amide bonds. The Morgan fingerprint density at radius 2 is 1.80 bits per heavy atom. The lowest BCUT2D eigenvalue weighted by atomic mass is 10.7. The van der Waals surface area contributed by atoms with Gasteiger partial charge in [0.15, 0.2) is 0 Å². The van der Waals surface area contributed by atoms with Crippen molar-refractivity contribution in [3.8, 4) is 0 Å². The fraction of sp³-hybridized carbons (Fsp3) is 1.00. The second-order valence-corrected chi connectivity index (χ2v) is 2.24. The molecule has 0 aromatic rings. The summed E-state index contributed by atoms with van der Waals surface area (Å²) in [5, 5.41) is 0. The summed E-state index contributed by atoms with van der Waals surface area (Å²) in [6.45, 7) is 0. The maximum Gasteiger partial charge on any atom is 0.434 e. The fourth-order valence-electron chi connectivity index (χ4n) is 0.141. The molecule has 0 bridgehead atoms. The van der Waals surface area contributed by atoms with Gasteiger partial charge in [-0.3, -0.25) is 0 Å². The van der Waals surface area contributed by atoms with Crippen molar-refractivity contribution in [3.05, 3.63) is 0 Å². The van der Waals surface area contributed by atoms with E-state index >= 15 is 0 Å². The monoisotopic (exact) mass is 184 g/mol. The van der Waals surface area contributed by atoms with Gasteiger partial charge in [-0.05, 0) is 4.53 Å². The van der Waals surface area contributed by atoms with Crippen LogP contribution < -0.4 is 0 Å². The molecule has 0 rings (SSSR count). The molecule has 0 saturated heterocycles. The summed E-state index contributed by atoms with van der Waals surface area (Å²) in [4.78, 5) is 0. The van der Waals surface area contributed by atoms with Gasteiger partial charge in [-0.25, -0.2) is 8.60 Å². The highest BCUT2D eigenvalue weighted by Crippen LogP contribution is 2.25. The van der Waals surface area contributed by atoms with Gasteiger partial charge in [-0.1, -0.05) is 4.39 Å². The Kier molecular flexibility index (Phi) is 3.16. The SMILES string of the molecule is O=S(OF)C(F)C(F)(F)F. The molecule has 0 aliphatic heterocycles. The molecule has 0 aliphatic carbocycles. The minimum atomic E-state index is -5.35. The molecule has 2 unspecified atom stereocenters. The van der Waals surface area contributed by atoms with E-state index in [2.05, 4.69) is 4.39 Å². The van der Waals surface area contributed by atoms with Gasteiger partial charge < -0.3 is 0 Å². The van der Waals surface area contributed by atoms with Crippen LogP contribution in [0.3, 0.4) is 0 Å². The molecule has 0 saturated carbocycles. The van der Waals surface area contributed by atoms with E-state index in [1.54, 1.807) is 0 Å². The normalized spacial score (nSPS) is 18.5. The van der Waals surface area contributed by atoms with Crippen molar-refractivity contribution >= 4 is 11.1 Å². The summed E-state index contributed by atoms with van der Waals surface area (Å²) in [6, 6.07) is 0. The van der Waals surface area contributed by atoms with Gasteiger partial charge in [0.1, 0.15) is 0 Å². The second kappa shape index (κ2) is 3.24. The first-order valence-corrected chi connectivity index (χ1v) is 2.94. The topological polar surface area (TPSA) is 26.3 Å². The number of hydrogen-bond acceptors (Lipinski definition) is 2. The molecule has 0 aromatic carbocycles. The van der Waals surface area contributed by atoms with Crippen LogP contribution in [-0.2, 0) is 15.5 Å². The molecule has 0 fully saturated rings. The lowest BCUT2D eigenvalue weighted by Gasteiger charge is -2.06. The molecule has 0 aromatic heterocycles. The standard InChI is InChI=1S/C2HF5O2S/c3-1(2(4,5)6)10(8)9-7/h1H. The maximum absolute atomic E-state index is 11.5. The Morgan fingerprint density at radius 1 is 1.40 bits per heavy atom. The minimum Gasteiger partial charge on any atom is -0.223 e. The molecule has 0 heterocycles. The second-order valence-electron chi connectivity index (χ2n) is 1.18. The highest BCUT2D eigenvalue weighted by molar-refractivity contribution is 7.80. The Labute approximate surface area is 54.5 Å². The van der Waals surface area contributed by atoms with E-state index in [4.69, 9.17) is 0 Å². The number of rotatable bonds is 2.